The van der Waals surface area contributed by atoms with Gasteiger partial charge >= 0.3 is 5.97 Å². The van der Waals surface area contributed by atoms with E-state index < -0.39 is 5.97 Å². The van der Waals surface area contributed by atoms with Gasteiger partial charge in [0.2, 0.25) is 0 Å². The molecule has 1 fully saturated rings. The first-order valence-electron chi connectivity index (χ1n) is 7.06. The van der Waals surface area contributed by atoms with Crippen LogP contribution in [-0.4, -0.2) is 48.3 Å². The normalized spacial score (nSPS) is 23.5. The minimum Gasteiger partial charge on any atom is -0.486 e. The molecule has 2 aliphatic rings. The summed E-state index contributed by atoms with van der Waals surface area (Å²) in [5.41, 5.74) is 0. The van der Waals surface area contributed by atoms with Crippen molar-refractivity contribution in [2.24, 2.45) is 5.92 Å². The second kappa shape index (κ2) is 5.71. The van der Waals surface area contributed by atoms with Gasteiger partial charge in [-0.15, -0.1) is 0 Å². The Bertz CT molecular complexity index is 483. The van der Waals surface area contributed by atoms with Gasteiger partial charge in [-0.25, -0.2) is 0 Å². The van der Waals surface area contributed by atoms with E-state index in [9.17, 15) is 4.79 Å². The molecule has 1 saturated heterocycles. The fourth-order valence-electron chi connectivity index (χ4n) is 2.80. The van der Waals surface area contributed by atoms with Gasteiger partial charge in [0.25, 0.3) is 0 Å². The zero-order valence-electron chi connectivity index (χ0n) is 11.3. The molecule has 0 amide bonds. The Hall–Kier alpha value is -1.75. The van der Waals surface area contributed by atoms with Gasteiger partial charge in [-0.2, -0.15) is 0 Å². The molecule has 0 saturated carbocycles. The van der Waals surface area contributed by atoms with E-state index in [1.807, 2.05) is 24.3 Å². The van der Waals surface area contributed by atoms with E-state index in [4.69, 9.17) is 14.6 Å². The lowest BCUT2D eigenvalue weighted by Crippen LogP contribution is -2.45. The molecule has 0 radical (unpaired) electrons. The van der Waals surface area contributed by atoms with Crippen molar-refractivity contribution in [2.75, 3.05) is 26.2 Å². The molecule has 2 heterocycles. The minimum atomic E-state index is -0.671. The van der Waals surface area contributed by atoms with Crippen LogP contribution in [0.5, 0.6) is 11.5 Å². The van der Waals surface area contributed by atoms with E-state index in [1.54, 1.807) is 0 Å². The maximum atomic E-state index is 10.9. The summed E-state index contributed by atoms with van der Waals surface area (Å²) in [6.07, 6.45) is 1.46. The number of hydrogen-bond donors (Lipinski definition) is 1. The molecule has 108 valence electrons. The van der Waals surface area contributed by atoms with E-state index in [0.29, 0.717) is 6.61 Å². The molecular weight excluding hydrogens is 258 g/mol. The highest BCUT2D eigenvalue weighted by atomic mass is 16.6. The van der Waals surface area contributed by atoms with E-state index in [1.165, 1.54) is 0 Å². The number of fused-ring (bicyclic) bond motifs is 1. The number of hydrogen-bond acceptors (Lipinski definition) is 4. The third-order valence-electron chi connectivity index (χ3n) is 3.97. The van der Waals surface area contributed by atoms with Crippen molar-refractivity contribution in [1.82, 2.24) is 4.90 Å². The third-order valence-corrected chi connectivity index (χ3v) is 3.97. The van der Waals surface area contributed by atoms with Crippen LogP contribution in [0.25, 0.3) is 0 Å². The number of aliphatic carboxylic acids is 1. The van der Waals surface area contributed by atoms with Gasteiger partial charge in [0.15, 0.2) is 11.5 Å². The second-order valence-electron chi connectivity index (χ2n) is 5.41. The number of para-hydroxylation sites is 2. The van der Waals surface area contributed by atoms with Crippen molar-refractivity contribution in [1.29, 1.82) is 0 Å². The first-order valence-corrected chi connectivity index (χ1v) is 7.06. The Morgan fingerprint density at radius 2 is 1.95 bits per heavy atom. The highest BCUT2D eigenvalue weighted by Gasteiger charge is 2.28. The van der Waals surface area contributed by atoms with Crippen molar-refractivity contribution < 1.29 is 19.4 Å². The summed E-state index contributed by atoms with van der Waals surface area (Å²) in [5.74, 6) is 0.740. The van der Waals surface area contributed by atoms with Crippen LogP contribution in [0.4, 0.5) is 0 Å². The van der Waals surface area contributed by atoms with Gasteiger partial charge in [0.1, 0.15) is 12.7 Å². The maximum absolute atomic E-state index is 10.9. The van der Waals surface area contributed by atoms with Gasteiger partial charge in [-0.05, 0) is 38.1 Å². The molecule has 2 aliphatic heterocycles. The topological polar surface area (TPSA) is 59.0 Å². The van der Waals surface area contributed by atoms with E-state index >= 15 is 0 Å². The summed E-state index contributed by atoms with van der Waals surface area (Å²) in [6, 6.07) is 7.68. The van der Waals surface area contributed by atoms with Crippen LogP contribution in [0.3, 0.4) is 0 Å². The van der Waals surface area contributed by atoms with Crippen LogP contribution < -0.4 is 9.47 Å². The summed E-state index contributed by atoms with van der Waals surface area (Å²) >= 11 is 0. The molecule has 5 nitrogen and oxygen atoms in total. The molecule has 20 heavy (non-hydrogen) atoms. The summed E-state index contributed by atoms with van der Waals surface area (Å²) < 4.78 is 11.6. The van der Waals surface area contributed by atoms with E-state index in [0.717, 1.165) is 44.0 Å². The first kappa shape index (κ1) is 13.2. The van der Waals surface area contributed by atoms with Crippen molar-refractivity contribution in [3.05, 3.63) is 24.3 Å². The van der Waals surface area contributed by atoms with Crippen molar-refractivity contribution in [2.45, 2.75) is 18.9 Å². The molecular formula is C15H19NO4. The fraction of sp³-hybridized carbons (Fsp3) is 0.533. The molecule has 1 N–H and O–H groups in total. The fourth-order valence-corrected chi connectivity index (χ4v) is 2.80. The first-order chi connectivity index (χ1) is 9.72. The van der Waals surface area contributed by atoms with Gasteiger partial charge in [0, 0.05) is 6.54 Å². The van der Waals surface area contributed by atoms with Crippen LogP contribution >= 0.6 is 0 Å². The predicted octanol–water partition coefficient (Wildman–Crippen LogP) is 1.62. The smallest absolute Gasteiger partial charge is 0.306 e. The molecule has 5 heteroatoms. The van der Waals surface area contributed by atoms with Gasteiger partial charge in [-0.3, -0.25) is 9.69 Å². The number of benzene rings is 1. The largest absolute Gasteiger partial charge is 0.486 e. The number of carbonyl (C=O) groups is 1. The highest BCUT2D eigenvalue weighted by molar-refractivity contribution is 5.70. The standard InChI is InChI=1S/C15H19NO4/c17-15(18)11-5-7-16(8-6-11)9-12-10-19-13-3-1-2-4-14(13)20-12/h1-4,11-12H,5-10H2,(H,17,18). The predicted molar refractivity (Wildman–Crippen MR) is 73.2 cm³/mol. The number of piperidine rings is 1. The zero-order valence-corrected chi connectivity index (χ0v) is 11.3. The van der Waals surface area contributed by atoms with E-state index in [2.05, 4.69) is 4.90 Å². The molecule has 1 atom stereocenters. The van der Waals surface area contributed by atoms with Crippen molar-refractivity contribution >= 4 is 5.97 Å². The summed E-state index contributed by atoms with van der Waals surface area (Å²) in [6.45, 7) is 2.98. The van der Waals surface area contributed by atoms with Crippen LogP contribution in [0.2, 0.25) is 0 Å². The number of carboxylic acid groups (broad SMARTS) is 1. The number of carboxylic acids is 1. The number of ether oxygens (including phenoxy) is 2. The molecule has 0 bridgehead atoms. The third kappa shape index (κ3) is 2.88. The zero-order chi connectivity index (χ0) is 13.9. The van der Waals surface area contributed by atoms with Crippen LogP contribution in [0.1, 0.15) is 12.8 Å². The van der Waals surface area contributed by atoms with Crippen LogP contribution in [-0.2, 0) is 4.79 Å². The molecule has 0 aliphatic carbocycles. The average Bonchev–Trinajstić information content (AvgIpc) is 2.48. The van der Waals surface area contributed by atoms with Crippen molar-refractivity contribution in [3.8, 4) is 11.5 Å². The Morgan fingerprint density at radius 1 is 1.25 bits per heavy atom. The minimum absolute atomic E-state index is 0.0197. The van der Waals surface area contributed by atoms with Gasteiger partial charge < -0.3 is 14.6 Å². The Morgan fingerprint density at radius 3 is 2.65 bits per heavy atom. The molecule has 3 rings (SSSR count). The summed E-state index contributed by atoms with van der Waals surface area (Å²) in [4.78, 5) is 13.2. The Labute approximate surface area is 118 Å². The number of nitrogens with zero attached hydrogens (tertiary/aromatic N) is 1. The summed E-state index contributed by atoms with van der Waals surface area (Å²) in [5, 5.41) is 8.99. The van der Waals surface area contributed by atoms with Crippen molar-refractivity contribution in [3.63, 3.8) is 0 Å². The number of rotatable bonds is 3. The van der Waals surface area contributed by atoms with Crippen LogP contribution in [0.15, 0.2) is 24.3 Å². The molecule has 1 unspecified atom stereocenters. The molecule has 1 aromatic carbocycles. The number of likely N-dealkylation sites (tertiary alicyclic amines) is 1. The lowest BCUT2D eigenvalue weighted by molar-refractivity contribution is -0.143. The molecule has 0 aromatic heterocycles. The second-order valence-corrected chi connectivity index (χ2v) is 5.41. The van der Waals surface area contributed by atoms with Crippen LogP contribution in [0, 0.1) is 5.92 Å². The Balaban J connectivity index is 1.52. The quantitative estimate of drug-likeness (QED) is 0.910. The van der Waals surface area contributed by atoms with Gasteiger partial charge in [0.05, 0.1) is 5.92 Å². The maximum Gasteiger partial charge on any atom is 0.306 e. The average molecular weight is 277 g/mol. The van der Waals surface area contributed by atoms with Gasteiger partial charge in [-0.1, -0.05) is 12.1 Å². The highest BCUT2D eigenvalue weighted by Crippen LogP contribution is 2.31. The Kier molecular flexibility index (Phi) is 3.78. The lowest BCUT2D eigenvalue weighted by atomic mass is 9.97. The monoisotopic (exact) mass is 277 g/mol. The molecule has 1 aromatic rings. The SMILES string of the molecule is O=C(O)C1CCN(CC2COc3ccccc3O2)CC1. The molecule has 0 spiro atoms. The lowest BCUT2D eigenvalue weighted by Gasteiger charge is -2.34. The van der Waals surface area contributed by atoms with E-state index in [-0.39, 0.29) is 12.0 Å². The summed E-state index contributed by atoms with van der Waals surface area (Å²) in [7, 11) is 0.